The van der Waals surface area contributed by atoms with E-state index in [1.54, 1.807) is 0 Å². The third-order valence-electron chi connectivity index (χ3n) is 1.13. The number of hydrogen-bond acceptors (Lipinski definition) is 0. The molecule has 0 aliphatic rings. The van der Waals surface area contributed by atoms with Crippen molar-refractivity contribution in [1.29, 1.82) is 0 Å². The Hall–Kier alpha value is -0.520. The lowest BCUT2D eigenvalue weighted by Gasteiger charge is -1.95. The zero-order valence-electron chi connectivity index (χ0n) is 7.44. The SMILES string of the molecule is CCC=CC(C)=C[C](C)C. The molecule has 57 valence electrons. The number of allylic oxidation sites excluding steroid dienone is 4. The van der Waals surface area contributed by atoms with Gasteiger partial charge in [0.15, 0.2) is 0 Å². The van der Waals surface area contributed by atoms with Crippen LogP contribution in [0.15, 0.2) is 23.8 Å². The Kier molecular flexibility index (Phi) is 5.00. The third-order valence-corrected chi connectivity index (χ3v) is 1.13. The molecule has 0 rings (SSSR count). The number of rotatable bonds is 3. The van der Waals surface area contributed by atoms with E-state index in [9.17, 15) is 0 Å². The van der Waals surface area contributed by atoms with Crippen LogP contribution in [0.4, 0.5) is 0 Å². The summed E-state index contributed by atoms with van der Waals surface area (Å²) < 4.78 is 0. The predicted octanol–water partition coefficient (Wildman–Crippen LogP) is 3.51. The van der Waals surface area contributed by atoms with Crippen LogP contribution < -0.4 is 0 Å². The summed E-state index contributed by atoms with van der Waals surface area (Å²) >= 11 is 0. The molecule has 0 aromatic rings. The first-order valence-electron chi connectivity index (χ1n) is 3.81. The first-order valence-corrected chi connectivity index (χ1v) is 3.81. The van der Waals surface area contributed by atoms with Gasteiger partial charge in [0.05, 0.1) is 0 Å². The van der Waals surface area contributed by atoms with Crippen LogP contribution in [-0.2, 0) is 0 Å². The highest BCUT2D eigenvalue weighted by Gasteiger charge is 1.86. The van der Waals surface area contributed by atoms with E-state index < -0.39 is 0 Å². The van der Waals surface area contributed by atoms with E-state index in [1.807, 2.05) is 0 Å². The maximum Gasteiger partial charge on any atom is -0.00833 e. The molecule has 0 saturated heterocycles. The average molecular weight is 137 g/mol. The first kappa shape index (κ1) is 9.48. The minimum absolute atomic E-state index is 1.12. The van der Waals surface area contributed by atoms with Crippen molar-refractivity contribution in [3.05, 3.63) is 29.7 Å². The molecule has 0 aliphatic carbocycles. The van der Waals surface area contributed by atoms with Gasteiger partial charge in [-0.15, -0.1) is 0 Å². The third kappa shape index (κ3) is 5.61. The van der Waals surface area contributed by atoms with E-state index in [2.05, 4.69) is 45.9 Å². The summed E-state index contributed by atoms with van der Waals surface area (Å²) in [6.45, 7) is 8.50. The molecular formula is C10H17. The molecule has 0 atom stereocenters. The van der Waals surface area contributed by atoms with E-state index in [0.717, 1.165) is 6.42 Å². The van der Waals surface area contributed by atoms with Crippen LogP contribution in [0, 0.1) is 5.92 Å². The Morgan fingerprint density at radius 3 is 2.20 bits per heavy atom. The standard InChI is InChI=1S/C10H17/c1-5-6-7-10(4)8-9(2)3/h6-8H,5H2,1-4H3. The van der Waals surface area contributed by atoms with Gasteiger partial charge in [-0.1, -0.05) is 44.6 Å². The van der Waals surface area contributed by atoms with Crippen LogP contribution in [0.25, 0.3) is 0 Å². The molecule has 0 N–H and O–H groups in total. The first-order chi connectivity index (χ1) is 4.66. The molecule has 0 fully saturated rings. The highest BCUT2D eigenvalue weighted by Crippen LogP contribution is 2.04. The number of hydrogen-bond donors (Lipinski definition) is 0. The Balaban J connectivity index is 3.82. The molecule has 0 heterocycles. The van der Waals surface area contributed by atoms with Crippen LogP contribution in [0.1, 0.15) is 34.1 Å². The maximum atomic E-state index is 2.19. The fraction of sp³-hybridized carbons (Fsp3) is 0.500. The Morgan fingerprint density at radius 1 is 1.20 bits per heavy atom. The average Bonchev–Trinajstić information content (AvgIpc) is 1.82. The van der Waals surface area contributed by atoms with Crippen molar-refractivity contribution in [3.63, 3.8) is 0 Å². The molecule has 0 nitrogen and oxygen atoms in total. The van der Waals surface area contributed by atoms with Crippen molar-refractivity contribution in [1.82, 2.24) is 0 Å². The van der Waals surface area contributed by atoms with Gasteiger partial charge in [0.2, 0.25) is 0 Å². The van der Waals surface area contributed by atoms with Crippen LogP contribution in [-0.4, -0.2) is 0 Å². The van der Waals surface area contributed by atoms with Crippen molar-refractivity contribution >= 4 is 0 Å². The quantitative estimate of drug-likeness (QED) is 0.522. The van der Waals surface area contributed by atoms with E-state index in [4.69, 9.17) is 0 Å². The predicted molar refractivity (Wildman–Crippen MR) is 47.8 cm³/mol. The molecule has 0 aromatic carbocycles. The molecule has 0 spiro atoms. The van der Waals surface area contributed by atoms with Crippen molar-refractivity contribution < 1.29 is 0 Å². The van der Waals surface area contributed by atoms with E-state index >= 15 is 0 Å². The van der Waals surface area contributed by atoms with Gasteiger partial charge >= 0.3 is 0 Å². The molecule has 0 saturated carbocycles. The molecule has 10 heavy (non-hydrogen) atoms. The molecular weight excluding hydrogens is 120 g/mol. The molecule has 0 amide bonds. The molecule has 0 aliphatic heterocycles. The summed E-state index contributed by atoms with van der Waals surface area (Å²) in [6, 6.07) is 0. The van der Waals surface area contributed by atoms with Gasteiger partial charge < -0.3 is 0 Å². The topological polar surface area (TPSA) is 0 Å². The molecule has 0 aromatic heterocycles. The van der Waals surface area contributed by atoms with Crippen LogP contribution in [0.2, 0.25) is 0 Å². The fourth-order valence-corrected chi connectivity index (χ4v) is 0.807. The Bertz CT molecular complexity index is 127. The van der Waals surface area contributed by atoms with E-state index in [1.165, 1.54) is 11.5 Å². The smallest absolute Gasteiger partial charge is 0.00833 e. The molecule has 0 unspecified atom stereocenters. The highest BCUT2D eigenvalue weighted by atomic mass is 13.9. The molecule has 0 heteroatoms. The van der Waals surface area contributed by atoms with Crippen molar-refractivity contribution in [3.8, 4) is 0 Å². The van der Waals surface area contributed by atoms with E-state index in [0.29, 0.717) is 0 Å². The maximum absolute atomic E-state index is 2.19. The van der Waals surface area contributed by atoms with Gasteiger partial charge in [-0.25, -0.2) is 0 Å². The van der Waals surface area contributed by atoms with Gasteiger partial charge in [0.1, 0.15) is 0 Å². The lowest BCUT2D eigenvalue weighted by molar-refractivity contribution is 1.18. The summed E-state index contributed by atoms with van der Waals surface area (Å²) in [7, 11) is 0. The van der Waals surface area contributed by atoms with Crippen molar-refractivity contribution in [2.24, 2.45) is 0 Å². The summed E-state index contributed by atoms with van der Waals surface area (Å²) in [4.78, 5) is 0. The second-order valence-corrected chi connectivity index (χ2v) is 2.78. The van der Waals surface area contributed by atoms with Crippen LogP contribution in [0.3, 0.4) is 0 Å². The summed E-state index contributed by atoms with van der Waals surface area (Å²) in [6.07, 6.45) is 7.64. The Labute approximate surface area is 64.6 Å². The second kappa shape index (κ2) is 5.28. The van der Waals surface area contributed by atoms with Gasteiger partial charge in [0.25, 0.3) is 0 Å². The largest absolute Gasteiger partial charge is 0.0846 e. The molecule has 1 radical (unpaired) electrons. The second-order valence-electron chi connectivity index (χ2n) is 2.78. The van der Waals surface area contributed by atoms with Crippen LogP contribution >= 0.6 is 0 Å². The van der Waals surface area contributed by atoms with E-state index in [-0.39, 0.29) is 0 Å². The van der Waals surface area contributed by atoms with Crippen molar-refractivity contribution in [2.75, 3.05) is 0 Å². The van der Waals surface area contributed by atoms with Crippen molar-refractivity contribution in [2.45, 2.75) is 34.1 Å². The lowest BCUT2D eigenvalue weighted by Crippen LogP contribution is -1.77. The highest BCUT2D eigenvalue weighted by molar-refractivity contribution is 5.22. The monoisotopic (exact) mass is 137 g/mol. The lowest BCUT2D eigenvalue weighted by atomic mass is 10.1. The van der Waals surface area contributed by atoms with Crippen LogP contribution in [0.5, 0.6) is 0 Å². The zero-order valence-corrected chi connectivity index (χ0v) is 7.44. The van der Waals surface area contributed by atoms with Gasteiger partial charge in [-0.3, -0.25) is 0 Å². The normalized spacial score (nSPS) is 13.5. The minimum atomic E-state index is 1.12. The zero-order chi connectivity index (χ0) is 7.98. The summed E-state index contributed by atoms with van der Waals surface area (Å²) in [5, 5.41) is 0. The fourth-order valence-electron chi connectivity index (χ4n) is 0.807. The van der Waals surface area contributed by atoms with Gasteiger partial charge in [-0.2, -0.15) is 0 Å². The summed E-state index contributed by atoms with van der Waals surface area (Å²) in [5.74, 6) is 1.36. The minimum Gasteiger partial charge on any atom is -0.0846 e. The van der Waals surface area contributed by atoms with Gasteiger partial charge in [0, 0.05) is 0 Å². The molecule has 0 bridgehead atoms. The van der Waals surface area contributed by atoms with Gasteiger partial charge in [-0.05, 0) is 19.3 Å². The Morgan fingerprint density at radius 2 is 1.80 bits per heavy atom. The summed E-state index contributed by atoms with van der Waals surface area (Å²) in [5.41, 5.74) is 1.34.